The highest BCUT2D eigenvalue weighted by Crippen LogP contribution is 2.48. The Morgan fingerprint density at radius 3 is 2.62 bits per heavy atom. The average Bonchev–Trinajstić information content (AvgIpc) is 2.50. The predicted octanol–water partition coefficient (Wildman–Crippen LogP) is 5.29. The average molecular weight is 297 g/mol. The van der Waals surface area contributed by atoms with Crippen molar-refractivity contribution in [2.24, 2.45) is 0 Å². The number of hydrogen-bond acceptors (Lipinski definition) is 3. The van der Waals surface area contributed by atoms with E-state index in [4.69, 9.17) is 0 Å². The first-order valence-electron chi connectivity index (χ1n) is 7.40. The molecule has 1 aliphatic rings. The van der Waals surface area contributed by atoms with Gasteiger partial charge in [-0.1, -0.05) is 43.3 Å². The lowest BCUT2D eigenvalue weighted by Gasteiger charge is -2.33. The first-order valence-corrected chi connectivity index (χ1v) is 8.21. The summed E-state index contributed by atoms with van der Waals surface area (Å²) in [6.45, 7) is 4.82. The van der Waals surface area contributed by atoms with Crippen molar-refractivity contribution in [3.8, 4) is 0 Å². The van der Waals surface area contributed by atoms with Gasteiger partial charge in [0.15, 0.2) is 5.78 Å². The van der Waals surface area contributed by atoms with Crippen LogP contribution < -0.4 is 4.90 Å². The van der Waals surface area contributed by atoms with E-state index in [2.05, 4.69) is 42.2 Å². The van der Waals surface area contributed by atoms with Crippen LogP contribution >= 0.6 is 11.8 Å². The van der Waals surface area contributed by atoms with E-state index in [1.807, 2.05) is 12.1 Å². The van der Waals surface area contributed by atoms with Crippen LogP contribution in [0.15, 0.2) is 52.3 Å². The molecule has 0 saturated carbocycles. The first kappa shape index (κ1) is 14.2. The zero-order valence-corrected chi connectivity index (χ0v) is 13.2. The summed E-state index contributed by atoms with van der Waals surface area (Å²) >= 11 is 1.79. The molecule has 3 heteroatoms. The van der Waals surface area contributed by atoms with E-state index in [0.717, 1.165) is 24.9 Å². The van der Waals surface area contributed by atoms with Crippen LogP contribution in [0.2, 0.25) is 0 Å². The highest BCUT2D eigenvalue weighted by Gasteiger charge is 2.23. The van der Waals surface area contributed by atoms with Crippen LogP contribution in [-0.2, 0) is 0 Å². The van der Waals surface area contributed by atoms with Gasteiger partial charge < -0.3 is 4.90 Å². The summed E-state index contributed by atoms with van der Waals surface area (Å²) < 4.78 is 0. The molecule has 1 aliphatic heterocycles. The van der Waals surface area contributed by atoms with Crippen molar-refractivity contribution >= 4 is 28.9 Å². The van der Waals surface area contributed by atoms with Crippen LogP contribution in [0.4, 0.5) is 11.4 Å². The maximum Gasteiger partial charge on any atom is 0.159 e. The van der Waals surface area contributed by atoms with E-state index in [0.29, 0.717) is 0 Å². The molecule has 2 aromatic rings. The normalized spacial score (nSPS) is 12.8. The number of Topliss-reactive ketones (excluding diaryl/α,β-unsaturated/α-hetero) is 1. The number of fused-ring (bicyclic) bond motifs is 2. The molecule has 0 atom stereocenters. The maximum absolute atomic E-state index is 11.7. The van der Waals surface area contributed by atoms with Crippen LogP contribution in [0.3, 0.4) is 0 Å². The largest absolute Gasteiger partial charge is 0.340 e. The molecule has 2 nitrogen and oxygen atoms in total. The molecule has 108 valence electrons. The third-order valence-electron chi connectivity index (χ3n) is 3.77. The number of nitrogens with zero attached hydrogens (tertiary/aromatic N) is 1. The molecule has 1 heterocycles. The minimum absolute atomic E-state index is 0.122. The van der Waals surface area contributed by atoms with Crippen molar-refractivity contribution in [3.05, 3.63) is 48.0 Å². The van der Waals surface area contributed by atoms with E-state index in [9.17, 15) is 4.79 Å². The quantitative estimate of drug-likeness (QED) is 0.715. The molecule has 0 unspecified atom stereocenters. The minimum Gasteiger partial charge on any atom is -0.340 e. The molecular weight excluding hydrogens is 278 g/mol. The number of hydrogen-bond donors (Lipinski definition) is 0. The van der Waals surface area contributed by atoms with E-state index < -0.39 is 0 Å². The number of rotatable bonds is 4. The minimum atomic E-state index is 0.122. The van der Waals surface area contributed by atoms with Gasteiger partial charge in [-0.2, -0.15) is 0 Å². The second kappa shape index (κ2) is 5.94. The Morgan fingerprint density at radius 1 is 1.10 bits per heavy atom. The monoisotopic (exact) mass is 297 g/mol. The SMILES string of the molecule is CCCCN1c2ccccc2Sc2ccc(C(C)=O)cc21. The smallest absolute Gasteiger partial charge is 0.159 e. The molecule has 0 amide bonds. The van der Waals surface area contributed by atoms with Gasteiger partial charge in [-0.15, -0.1) is 0 Å². The second-order valence-corrected chi connectivity index (χ2v) is 6.40. The van der Waals surface area contributed by atoms with Crippen LogP contribution in [0.5, 0.6) is 0 Å². The molecule has 0 N–H and O–H groups in total. The van der Waals surface area contributed by atoms with Gasteiger partial charge in [0.2, 0.25) is 0 Å². The van der Waals surface area contributed by atoms with E-state index in [-0.39, 0.29) is 5.78 Å². The van der Waals surface area contributed by atoms with Crippen molar-refractivity contribution in [2.45, 2.75) is 36.5 Å². The lowest BCUT2D eigenvalue weighted by Crippen LogP contribution is -2.22. The molecule has 0 radical (unpaired) electrons. The topological polar surface area (TPSA) is 20.3 Å². The van der Waals surface area contributed by atoms with E-state index in [1.54, 1.807) is 18.7 Å². The summed E-state index contributed by atoms with van der Waals surface area (Å²) in [7, 11) is 0. The molecular formula is C18H19NOS. The van der Waals surface area contributed by atoms with Crippen molar-refractivity contribution < 1.29 is 4.79 Å². The number of para-hydroxylation sites is 1. The standard InChI is InChI=1S/C18H19NOS/c1-3-4-11-19-15-7-5-6-8-17(15)21-18-10-9-14(13(2)20)12-16(18)19/h5-10,12H,3-4,11H2,1-2H3. The molecule has 2 aromatic carbocycles. The van der Waals surface area contributed by atoms with Gasteiger partial charge in [-0.3, -0.25) is 4.79 Å². The van der Waals surface area contributed by atoms with Crippen LogP contribution in [0.25, 0.3) is 0 Å². The Kier molecular flexibility index (Phi) is 4.02. The molecule has 0 bridgehead atoms. The Labute approximate surface area is 130 Å². The summed E-state index contributed by atoms with van der Waals surface area (Å²) in [4.78, 5) is 16.6. The van der Waals surface area contributed by atoms with Gasteiger partial charge >= 0.3 is 0 Å². The second-order valence-electron chi connectivity index (χ2n) is 5.31. The highest BCUT2D eigenvalue weighted by atomic mass is 32.2. The van der Waals surface area contributed by atoms with Crippen molar-refractivity contribution in [1.29, 1.82) is 0 Å². The molecule has 3 rings (SSSR count). The number of unbranched alkanes of at least 4 members (excludes halogenated alkanes) is 1. The zero-order valence-electron chi connectivity index (χ0n) is 12.4. The molecule has 0 aliphatic carbocycles. The number of anilines is 2. The summed E-state index contributed by atoms with van der Waals surface area (Å²) in [6.07, 6.45) is 2.30. The van der Waals surface area contributed by atoms with Crippen molar-refractivity contribution in [1.82, 2.24) is 0 Å². The van der Waals surface area contributed by atoms with Gasteiger partial charge in [0.05, 0.1) is 11.4 Å². The molecule has 0 fully saturated rings. The van der Waals surface area contributed by atoms with Crippen LogP contribution in [-0.4, -0.2) is 12.3 Å². The molecule has 0 aromatic heterocycles. The van der Waals surface area contributed by atoms with Crippen LogP contribution in [0.1, 0.15) is 37.0 Å². The van der Waals surface area contributed by atoms with Crippen LogP contribution in [0, 0.1) is 0 Å². The molecule has 21 heavy (non-hydrogen) atoms. The lowest BCUT2D eigenvalue weighted by molar-refractivity contribution is 0.101. The lowest BCUT2D eigenvalue weighted by atomic mass is 10.1. The van der Waals surface area contributed by atoms with Gasteiger partial charge in [0.1, 0.15) is 0 Å². The Morgan fingerprint density at radius 2 is 1.86 bits per heavy atom. The molecule has 0 saturated heterocycles. The number of ketones is 1. The Balaban J connectivity index is 2.09. The number of carbonyl (C=O) groups excluding carboxylic acids is 1. The fourth-order valence-corrected chi connectivity index (χ4v) is 3.68. The maximum atomic E-state index is 11.7. The summed E-state index contributed by atoms with van der Waals surface area (Å²) in [5.74, 6) is 0.122. The van der Waals surface area contributed by atoms with E-state index in [1.165, 1.54) is 21.2 Å². The molecule has 0 spiro atoms. The number of benzene rings is 2. The van der Waals surface area contributed by atoms with Crippen molar-refractivity contribution in [3.63, 3.8) is 0 Å². The Hall–Kier alpha value is -1.74. The summed E-state index contributed by atoms with van der Waals surface area (Å²) in [5.41, 5.74) is 3.21. The fourth-order valence-electron chi connectivity index (χ4n) is 2.61. The summed E-state index contributed by atoms with van der Waals surface area (Å²) in [6, 6.07) is 14.5. The highest BCUT2D eigenvalue weighted by molar-refractivity contribution is 7.99. The van der Waals surface area contributed by atoms with Gasteiger partial charge in [-0.25, -0.2) is 0 Å². The van der Waals surface area contributed by atoms with Gasteiger partial charge in [0.25, 0.3) is 0 Å². The first-order chi connectivity index (χ1) is 10.2. The third kappa shape index (κ3) is 2.70. The van der Waals surface area contributed by atoms with Crippen molar-refractivity contribution in [2.75, 3.05) is 11.4 Å². The Bertz CT molecular complexity index is 681. The van der Waals surface area contributed by atoms with E-state index >= 15 is 0 Å². The predicted molar refractivity (Wildman–Crippen MR) is 88.9 cm³/mol. The number of carbonyl (C=O) groups is 1. The fraction of sp³-hybridized carbons (Fsp3) is 0.278. The zero-order chi connectivity index (χ0) is 14.8. The third-order valence-corrected chi connectivity index (χ3v) is 4.90. The van der Waals surface area contributed by atoms with Gasteiger partial charge in [0, 0.05) is 21.9 Å². The summed E-state index contributed by atoms with van der Waals surface area (Å²) in [5, 5.41) is 0. The van der Waals surface area contributed by atoms with Gasteiger partial charge in [-0.05, 0) is 37.6 Å².